The van der Waals surface area contributed by atoms with Crippen LogP contribution < -0.4 is 9.80 Å². The summed E-state index contributed by atoms with van der Waals surface area (Å²) in [5.41, 5.74) is 2.87. The molecule has 0 N–H and O–H groups in total. The van der Waals surface area contributed by atoms with Gasteiger partial charge in [0.05, 0.1) is 18.0 Å². The molecular formula is C25H46N2P2. The molecule has 0 atom stereocenters. The Bertz CT molecular complexity index is 599. The molecule has 166 valence electrons. The molecule has 0 unspecified atom stereocenters. The molecule has 1 aliphatic rings. The molecule has 0 saturated heterocycles. The molecule has 0 amide bonds. The largest absolute Gasteiger partial charge is 0.348 e. The van der Waals surface area contributed by atoms with Crippen molar-refractivity contribution in [2.45, 2.75) is 104 Å². The highest BCUT2D eigenvalue weighted by molar-refractivity contribution is 7.61. The molecule has 0 spiro atoms. The van der Waals surface area contributed by atoms with E-state index in [1.807, 2.05) is 0 Å². The molecule has 1 aromatic rings. The summed E-state index contributed by atoms with van der Waals surface area (Å²) in [6.45, 7) is 30.2. The van der Waals surface area contributed by atoms with Crippen LogP contribution in [-0.4, -0.2) is 39.9 Å². The summed E-state index contributed by atoms with van der Waals surface area (Å²) in [5.74, 6) is 0. The molecule has 0 radical (unpaired) electrons. The van der Waals surface area contributed by atoms with Crippen LogP contribution in [0, 0.1) is 0 Å². The summed E-state index contributed by atoms with van der Waals surface area (Å²) in [6, 6.07) is 9.10. The van der Waals surface area contributed by atoms with E-state index >= 15 is 0 Å². The van der Waals surface area contributed by atoms with E-state index in [0.717, 1.165) is 6.67 Å². The van der Waals surface area contributed by atoms with Crippen LogP contribution in [0.4, 0.5) is 11.4 Å². The fourth-order valence-corrected chi connectivity index (χ4v) is 11.7. The monoisotopic (exact) mass is 436 g/mol. The topological polar surface area (TPSA) is 6.48 Å². The van der Waals surface area contributed by atoms with Gasteiger partial charge in [0, 0.05) is 12.6 Å². The van der Waals surface area contributed by atoms with Crippen molar-refractivity contribution >= 4 is 27.2 Å². The Morgan fingerprint density at radius 2 is 0.862 bits per heavy atom. The summed E-state index contributed by atoms with van der Waals surface area (Å²) in [6.07, 6.45) is 2.36. The lowest BCUT2D eigenvalue weighted by molar-refractivity contribution is 0.692. The van der Waals surface area contributed by atoms with E-state index in [4.69, 9.17) is 0 Å². The maximum Gasteiger partial charge on any atom is 0.0911 e. The van der Waals surface area contributed by atoms with E-state index < -0.39 is 0 Å². The zero-order chi connectivity index (χ0) is 22.4. The lowest BCUT2D eigenvalue weighted by atomic mass is 10.2. The van der Waals surface area contributed by atoms with E-state index in [-0.39, 0.29) is 15.8 Å². The van der Waals surface area contributed by atoms with Crippen LogP contribution in [0.25, 0.3) is 0 Å². The normalized spacial score (nSPS) is 16.2. The minimum absolute atomic E-state index is 0.158. The van der Waals surface area contributed by atoms with Crippen molar-refractivity contribution in [3.8, 4) is 0 Å². The van der Waals surface area contributed by atoms with Gasteiger partial charge in [0.2, 0.25) is 0 Å². The number of benzene rings is 1. The Kier molecular flexibility index (Phi) is 7.15. The number of para-hydroxylation sites is 2. The first-order chi connectivity index (χ1) is 12.9. The Morgan fingerprint density at radius 3 is 1.10 bits per heavy atom. The molecule has 0 aromatic heterocycles. The second-order valence-corrected chi connectivity index (χ2v) is 20.2. The van der Waals surface area contributed by atoms with E-state index in [2.05, 4.69) is 117 Å². The van der Waals surface area contributed by atoms with Crippen LogP contribution in [-0.2, 0) is 0 Å². The maximum absolute atomic E-state index is 2.68. The third-order valence-electron chi connectivity index (χ3n) is 5.77. The van der Waals surface area contributed by atoms with E-state index in [1.54, 1.807) is 0 Å². The number of rotatable bonds is 4. The average molecular weight is 437 g/mol. The quantitative estimate of drug-likeness (QED) is 0.438. The van der Waals surface area contributed by atoms with Crippen LogP contribution in [0.15, 0.2) is 24.3 Å². The fourth-order valence-electron chi connectivity index (χ4n) is 4.80. The highest BCUT2D eigenvalue weighted by Gasteiger charge is 2.40. The zero-order valence-electron chi connectivity index (χ0n) is 21.2. The van der Waals surface area contributed by atoms with Gasteiger partial charge in [-0.15, -0.1) is 0 Å². The van der Waals surface area contributed by atoms with E-state index in [0.29, 0.717) is 20.6 Å². The average Bonchev–Trinajstić information content (AvgIpc) is 2.84. The number of anilines is 2. The first-order valence-electron chi connectivity index (χ1n) is 11.1. The minimum atomic E-state index is -0.158. The predicted octanol–water partition coefficient (Wildman–Crippen LogP) is 8.34. The zero-order valence-corrected chi connectivity index (χ0v) is 23.0. The Morgan fingerprint density at radius 1 is 0.586 bits per heavy atom. The number of hydrogen-bond donors (Lipinski definition) is 0. The van der Waals surface area contributed by atoms with Gasteiger partial charge < -0.3 is 9.80 Å². The van der Waals surface area contributed by atoms with Crippen LogP contribution >= 0.6 is 15.8 Å². The summed E-state index contributed by atoms with van der Waals surface area (Å²) >= 11 is 0. The lowest BCUT2D eigenvalue weighted by Crippen LogP contribution is -2.38. The molecule has 0 bridgehead atoms. The van der Waals surface area contributed by atoms with Crippen LogP contribution in [0.3, 0.4) is 0 Å². The molecule has 1 heterocycles. The summed E-state index contributed by atoms with van der Waals surface area (Å²) in [5, 5.41) is 1.39. The van der Waals surface area contributed by atoms with Crippen molar-refractivity contribution in [2.24, 2.45) is 0 Å². The third-order valence-corrected chi connectivity index (χ3v) is 13.5. The summed E-state index contributed by atoms with van der Waals surface area (Å²) in [7, 11) is -0.316. The van der Waals surface area contributed by atoms with Gasteiger partial charge in [0.25, 0.3) is 0 Å². The number of nitrogens with zero attached hydrogens (tertiary/aromatic N) is 2. The highest BCUT2D eigenvalue weighted by atomic mass is 31.1. The van der Waals surface area contributed by atoms with Crippen molar-refractivity contribution in [1.82, 2.24) is 0 Å². The SMILES string of the molecule is CC(C)(C)P(CN1CN(CP(C(C)(C)C)C(C)(C)C)c2ccccc21)C(C)(C)C. The predicted molar refractivity (Wildman–Crippen MR) is 139 cm³/mol. The number of hydrogen-bond acceptors (Lipinski definition) is 2. The molecule has 4 heteroatoms. The molecule has 1 aliphatic heterocycles. The molecule has 2 nitrogen and oxygen atoms in total. The lowest BCUT2D eigenvalue weighted by Gasteiger charge is -2.45. The molecule has 0 aliphatic carbocycles. The molecule has 0 saturated carbocycles. The Hall–Kier alpha value is -0.320. The van der Waals surface area contributed by atoms with E-state index in [9.17, 15) is 0 Å². The van der Waals surface area contributed by atoms with Gasteiger partial charge in [-0.05, 0) is 32.8 Å². The first-order valence-corrected chi connectivity index (χ1v) is 14.1. The standard InChI is InChI=1S/C25H46N2P2/c1-22(2,3)28(23(4,5)6)18-26-17-27(21-16-14-13-15-20(21)26)19-29(24(7,8)9)25(10,11)12/h13-16H,17-19H2,1-12H3. The van der Waals surface area contributed by atoms with Crippen molar-refractivity contribution in [1.29, 1.82) is 0 Å². The van der Waals surface area contributed by atoms with Gasteiger partial charge >= 0.3 is 0 Å². The number of fused-ring (bicyclic) bond motifs is 1. The minimum Gasteiger partial charge on any atom is -0.348 e. The summed E-state index contributed by atoms with van der Waals surface area (Å²) < 4.78 is 0. The van der Waals surface area contributed by atoms with Crippen molar-refractivity contribution in [3.63, 3.8) is 0 Å². The fraction of sp³-hybridized carbons (Fsp3) is 0.760. The molecule has 1 aromatic carbocycles. The van der Waals surface area contributed by atoms with Crippen LogP contribution in [0.5, 0.6) is 0 Å². The van der Waals surface area contributed by atoms with E-state index in [1.165, 1.54) is 23.9 Å². The molecule has 29 heavy (non-hydrogen) atoms. The molecule has 0 fully saturated rings. The Balaban J connectivity index is 2.34. The van der Waals surface area contributed by atoms with Gasteiger partial charge in [-0.25, -0.2) is 0 Å². The highest BCUT2D eigenvalue weighted by Crippen LogP contribution is 2.62. The third kappa shape index (κ3) is 6.11. The van der Waals surface area contributed by atoms with Crippen LogP contribution in [0.1, 0.15) is 83.1 Å². The van der Waals surface area contributed by atoms with Crippen LogP contribution in [0.2, 0.25) is 0 Å². The Labute approximate surface area is 184 Å². The maximum atomic E-state index is 2.68. The molecular weight excluding hydrogens is 390 g/mol. The second-order valence-electron chi connectivity index (χ2n) is 12.5. The van der Waals surface area contributed by atoms with Gasteiger partial charge in [-0.3, -0.25) is 0 Å². The summed E-state index contributed by atoms with van der Waals surface area (Å²) in [4.78, 5) is 5.35. The first kappa shape index (κ1) is 24.9. The van der Waals surface area contributed by atoms with Gasteiger partial charge in [0.15, 0.2) is 0 Å². The smallest absolute Gasteiger partial charge is 0.0911 e. The molecule has 2 rings (SSSR count). The van der Waals surface area contributed by atoms with Gasteiger partial charge in [-0.1, -0.05) is 111 Å². The van der Waals surface area contributed by atoms with Crippen molar-refractivity contribution < 1.29 is 0 Å². The van der Waals surface area contributed by atoms with Gasteiger partial charge in [0.1, 0.15) is 0 Å². The second kappa shape index (κ2) is 8.31. The van der Waals surface area contributed by atoms with Crippen molar-refractivity contribution in [2.75, 3.05) is 29.0 Å². The van der Waals surface area contributed by atoms with Crippen molar-refractivity contribution in [3.05, 3.63) is 24.3 Å². The van der Waals surface area contributed by atoms with Gasteiger partial charge in [-0.2, -0.15) is 0 Å².